The van der Waals surface area contributed by atoms with Crippen LogP contribution in [0, 0.1) is 34.3 Å². The lowest BCUT2D eigenvalue weighted by Crippen LogP contribution is -2.51. The second kappa shape index (κ2) is 11.9. The Bertz CT molecular complexity index is 1950. The highest BCUT2D eigenvalue weighted by Crippen LogP contribution is 2.49. The van der Waals surface area contributed by atoms with Gasteiger partial charge in [-0.3, -0.25) is 4.39 Å². The van der Waals surface area contributed by atoms with Crippen molar-refractivity contribution >= 4 is 43.1 Å². The number of piperidine rings is 1. The number of anilines is 2. The minimum atomic E-state index is -5.03. The summed E-state index contributed by atoms with van der Waals surface area (Å²) in [6, 6.07) is 4.62. The summed E-state index contributed by atoms with van der Waals surface area (Å²) in [5, 5.41) is 12.9. The van der Waals surface area contributed by atoms with E-state index in [1.54, 1.807) is 6.07 Å². The fraction of sp³-hybridized carbons (Fsp3) is 0.485. The molecule has 3 N–H and O–H groups in total. The SMILES string of the molecule is CN1CC[C@H](CF)[C@](C)(COc2nc(N3C[C@H]4CC[C@@H](C3)N4)c3cc(F)c(-c4c(C(F)(F)F)ccc5sc(N)c(C#N)c45)c(F)c3n2)C1. The fourth-order valence-corrected chi connectivity index (χ4v) is 8.62. The van der Waals surface area contributed by atoms with Crippen LogP contribution in [0.2, 0.25) is 0 Å². The van der Waals surface area contributed by atoms with Gasteiger partial charge in [-0.05, 0) is 57.0 Å². The summed E-state index contributed by atoms with van der Waals surface area (Å²) in [5.74, 6) is -2.73. The van der Waals surface area contributed by atoms with Crippen molar-refractivity contribution in [2.24, 2.45) is 11.3 Å². The quantitative estimate of drug-likeness (QED) is 0.221. The molecule has 4 aromatic rings. The number of nitrogens with two attached hydrogens (primary N) is 1. The molecule has 3 fully saturated rings. The van der Waals surface area contributed by atoms with Crippen molar-refractivity contribution in [1.29, 1.82) is 5.26 Å². The maximum absolute atomic E-state index is 16.9. The number of alkyl halides is 4. The Morgan fingerprint density at radius 1 is 1.15 bits per heavy atom. The fourth-order valence-electron chi connectivity index (χ4n) is 7.69. The van der Waals surface area contributed by atoms with Crippen molar-refractivity contribution in [2.75, 3.05) is 57.1 Å². The van der Waals surface area contributed by atoms with Crippen molar-refractivity contribution in [3.05, 3.63) is 41.0 Å². The molecule has 3 aliphatic heterocycles. The molecule has 2 aromatic heterocycles. The van der Waals surface area contributed by atoms with Gasteiger partial charge in [-0.2, -0.15) is 28.4 Å². The van der Waals surface area contributed by atoms with Gasteiger partial charge in [-0.15, -0.1) is 11.3 Å². The Morgan fingerprint density at radius 2 is 1.88 bits per heavy atom. The molecule has 4 atom stereocenters. The van der Waals surface area contributed by atoms with Crippen LogP contribution in [0.3, 0.4) is 0 Å². The van der Waals surface area contributed by atoms with Crippen molar-refractivity contribution in [1.82, 2.24) is 20.2 Å². The van der Waals surface area contributed by atoms with Gasteiger partial charge in [0, 0.05) is 58.2 Å². The maximum Gasteiger partial charge on any atom is 0.417 e. The molecular weight excluding hydrogens is 656 g/mol. The van der Waals surface area contributed by atoms with Crippen LogP contribution in [0.15, 0.2) is 18.2 Å². The molecule has 2 bridgehead atoms. The molecule has 7 rings (SSSR count). The first kappa shape index (κ1) is 32.7. The van der Waals surface area contributed by atoms with E-state index < -0.39 is 52.1 Å². The first-order chi connectivity index (χ1) is 22.8. The predicted octanol–water partition coefficient (Wildman–Crippen LogP) is 6.51. The van der Waals surface area contributed by atoms with Gasteiger partial charge in [0.1, 0.15) is 28.2 Å². The van der Waals surface area contributed by atoms with Gasteiger partial charge in [0.15, 0.2) is 5.82 Å². The van der Waals surface area contributed by atoms with E-state index in [9.17, 15) is 22.8 Å². The average molecular weight is 690 g/mol. The first-order valence-corrected chi connectivity index (χ1v) is 16.5. The zero-order chi connectivity index (χ0) is 34.1. The number of rotatable bonds is 6. The van der Waals surface area contributed by atoms with Gasteiger partial charge < -0.3 is 25.6 Å². The molecule has 8 nitrogen and oxygen atoms in total. The normalized spacial score (nSPS) is 24.8. The van der Waals surface area contributed by atoms with Crippen LogP contribution in [0.5, 0.6) is 6.01 Å². The Balaban J connectivity index is 1.44. The predicted molar refractivity (Wildman–Crippen MR) is 172 cm³/mol. The average Bonchev–Trinajstić information content (AvgIpc) is 3.55. The molecule has 0 aliphatic carbocycles. The summed E-state index contributed by atoms with van der Waals surface area (Å²) in [5.41, 5.74) is 1.48. The third kappa shape index (κ3) is 5.47. The molecule has 5 heterocycles. The number of nitriles is 1. The Hall–Kier alpha value is -3.87. The second-order valence-corrected chi connectivity index (χ2v) is 14.5. The summed E-state index contributed by atoms with van der Waals surface area (Å²) in [7, 11) is 1.93. The zero-order valence-electron chi connectivity index (χ0n) is 26.2. The maximum atomic E-state index is 16.9. The molecule has 0 unspecified atom stereocenters. The lowest BCUT2D eigenvalue weighted by atomic mass is 9.73. The van der Waals surface area contributed by atoms with Crippen LogP contribution in [-0.4, -0.2) is 73.5 Å². The van der Waals surface area contributed by atoms with E-state index in [1.165, 1.54) is 0 Å². The van der Waals surface area contributed by atoms with E-state index in [1.807, 2.05) is 18.9 Å². The summed E-state index contributed by atoms with van der Waals surface area (Å²) < 4.78 is 97.1. The zero-order valence-corrected chi connectivity index (χ0v) is 27.0. The molecule has 254 valence electrons. The molecule has 0 amide bonds. The van der Waals surface area contributed by atoms with E-state index in [4.69, 9.17) is 10.5 Å². The smallest absolute Gasteiger partial charge is 0.417 e. The topological polar surface area (TPSA) is 103 Å². The minimum absolute atomic E-state index is 0.00338. The van der Waals surface area contributed by atoms with E-state index in [0.29, 0.717) is 26.1 Å². The molecular formula is C33H33F6N7OS. The molecule has 0 saturated carbocycles. The Morgan fingerprint density at radius 3 is 2.54 bits per heavy atom. The summed E-state index contributed by atoms with van der Waals surface area (Å²) in [6.07, 6.45) is -2.60. The van der Waals surface area contributed by atoms with Gasteiger partial charge in [0.05, 0.1) is 30.0 Å². The molecule has 2 aromatic carbocycles. The van der Waals surface area contributed by atoms with Gasteiger partial charge in [-0.25, -0.2) is 8.78 Å². The van der Waals surface area contributed by atoms with Crippen LogP contribution in [0.4, 0.5) is 37.2 Å². The minimum Gasteiger partial charge on any atom is -0.463 e. The Kier molecular flexibility index (Phi) is 8.11. The van der Waals surface area contributed by atoms with Crippen LogP contribution < -0.4 is 20.7 Å². The van der Waals surface area contributed by atoms with E-state index in [-0.39, 0.29) is 62.5 Å². The number of benzene rings is 2. The second-order valence-electron chi connectivity index (χ2n) is 13.4. The number of hydrogen-bond acceptors (Lipinski definition) is 9. The number of nitrogens with zero attached hydrogens (tertiary/aromatic N) is 5. The van der Waals surface area contributed by atoms with Crippen LogP contribution in [-0.2, 0) is 6.18 Å². The van der Waals surface area contributed by atoms with Gasteiger partial charge in [0.25, 0.3) is 0 Å². The summed E-state index contributed by atoms with van der Waals surface area (Å²) in [6.45, 7) is 3.56. The molecule has 0 radical (unpaired) electrons. The van der Waals surface area contributed by atoms with E-state index in [2.05, 4.69) is 20.2 Å². The number of ether oxygens (including phenoxy) is 1. The lowest BCUT2D eigenvalue weighted by molar-refractivity contribution is -0.137. The van der Waals surface area contributed by atoms with Crippen molar-refractivity contribution in [3.8, 4) is 23.2 Å². The van der Waals surface area contributed by atoms with Crippen molar-refractivity contribution in [2.45, 2.75) is 44.4 Å². The molecule has 15 heteroatoms. The van der Waals surface area contributed by atoms with E-state index in [0.717, 1.165) is 48.9 Å². The first-order valence-electron chi connectivity index (χ1n) is 15.7. The van der Waals surface area contributed by atoms with E-state index >= 15 is 8.78 Å². The van der Waals surface area contributed by atoms with Crippen molar-refractivity contribution < 1.29 is 31.1 Å². The highest BCUT2D eigenvalue weighted by Gasteiger charge is 2.41. The highest BCUT2D eigenvalue weighted by atomic mass is 32.1. The number of halogens is 6. The third-order valence-corrected chi connectivity index (χ3v) is 11.1. The number of nitrogen functional groups attached to an aromatic ring is 1. The highest BCUT2D eigenvalue weighted by molar-refractivity contribution is 7.23. The number of aromatic nitrogens is 2. The standard InChI is InChI=1S/C33H33F6N7OS/c1-32(14-45(2)8-7-16(32)10-34)15-47-31-43-28-19(30(44-31)46-12-17-3-4-18(13-46)42-17)9-22(35)26(27(28)36)25-21(33(37,38)39)5-6-23-24(25)20(11-40)29(41)48-23/h5-6,9,16-18,42H,3-4,7-8,10,12-15,41H2,1-2H3/t16-,17-,18+,32+/m1/s1. The third-order valence-electron chi connectivity index (χ3n) is 10.1. The van der Waals surface area contributed by atoms with Gasteiger partial charge in [-0.1, -0.05) is 6.92 Å². The van der Waals surface area contributed by atoms with Crippen LogP contribution >= 0.6 is 11.3 Å². The number of likely N-dealkylation sites (tertiary alicyclic amines) is 1. The summed E-state index contributed by atoms with van der Waals surface area (Å²) >= 11 is 0.853. The Labute approximate surface area is 276 Å². The molecule has 0 spiro atoms. The monoisotopic (exact) mass is 689 g/mol. The number of fused-ring (bicyclic) bond motifs is 4. The lowest BCUT2D eigenvalue weighted by Gasteiger charge is -2.43. The summed E-state index contributed by atoms with van der Waals surface area (Å²) in [4.78, 5) is 12.9. The van der Waals surface area contributed by atoms with Crippen molar-refractivity contribution in [3.63, 3.8) is 0 Å². The number of thiophene rings is 1. The molecule has 3 aliphatic rings. The largest absolute Gasteiger partial charge is 0.463 e. The number of piperazine rings is 1. The van der Waals surface area contributed by atoms with Gasteiger partial charge in [0.2, 0.25) is 0 Å². The molecule has 48 heavy (non-hydrogen) atoms. The van der Waals surface area contributed by atoms with Gasteiger partial charge >= 0.3 is 12.2 Å². The van der Waals surface area contributed by atoms with Crippen LogP contribution in [0.25, 0.3) is 32.1 Å². The van der Waals surface area contributed by atoms with Crippen LogP contribution in [0.1, 0.15) is 37.3 Å². The number of hydrogen-bond donors (Lipinski definition) is 2. The molecule has 3 saturated heterocycles. The number of nitrogens with one attached hydrogen (secondary N) is 1.